The van der Waals surface area contributed by atoms with Gasteiger partial charge in [-0.05, 0) is 50.9 Å². The van der Waals surface area contributed by atoms with E-state index < -0.39 is 0 Å². The molecule has 0 radical (unpaired) electrons. The SMILES string of the molecule is CCOc1ccc(C(C)NC(=O)C2CCCN2)cc1.Cl. The number of carbonyl (C=O) groups is 1. The van der Waals surface area contributed by atoms with E-state index in [4.69, 9.17) is 4.74 Å². The van der Waals surface area contributed by atoms with Gasteiger partial charge in [-0.1, -0.05) is 12.1 Å². The zero-order chi connectivity index (χ0) is 13.7. The van der Waals surface area contributed by atoms with Crippen LogP contribution in [-0.4, -0.2) is 25.1 Å². The Morgan fingerprint density at radius 1 is 1.45 bits per heavy atom. The van der Waals surface area contributed by atoms with Gasteiger partial charge in [0.25, 0.3) is 0 Å². The fourth-order valence-corrected chi connectivity index (χ4v) is 2.33. The van der Waals surface area contributed by atoms with Gasteiger partial charge in [-0.2, -0.15) is 0 Å². The first kappa shape index (κ1) is 16.8. The van der Waals surface area contributed by atoms with E-state index in [0.717, 1.165) is 30.7 Å². The van der Waals surface area contributed by atoms with Crippen LogP contribution in [0.1, 0.15) is 38.3 Å². The van der Waals surface area contributed by atoms with E-state index in [1.54, 1.807) is 0 Å². The van der Waals surface area contributed by atoms with Crippen LogP contribution in [0.5, 0.6) is 5.75 Å². The molecule has 2 unspecified atom stereocenters. The van der Waals surface area contributed by atoms with Gasteiger partial charge in [-0.15, -0.1) is 12.4 Å². The Hall–Kier alpha value is -1.26. The maximum Gasteiger partial charge on any atom is 0.237 e. The van der Waals surface area contributed by atoms with Crippen LogP contribution in [-0.2, 0) is 4.79 Å². The lowest BCUT2D eigenvalue weighted by atomic mass is 10.1. The first-order valence-corrected chi connectivity index (χ1v) is 6.97. The Bertz CT molecular complexity index is 416. The van der Waals surface area contributed by atoms with Crippen molar-refractivity contribution in [1.29, 1.82) is 0 Å². The third-order valence-electron chi connectivity index (χ3n) is 3.43. The van der Waals surface area contributed by atoms with Crippen LogP contribution in [0.15, 0.2) is 24.3 Å². The molecule has 0 spiro atoms. The first-order valence-electron chi connectivity index (χ1n) is 6.97. The Kier molecular flexibility index (Phi) is 6.82. The average molecular weight is 299 g/mol. The standard InChI is InChI=1S/C15H22N2O2.ClH/c1-3-19-13-8-6-12(7-9-13)11(2)17-15(18)14-5-4-10-16-14;/h6-9,11,14,16H,3-5,10H2,1-2H3,(H,17,18);1H. The van der Waals surface area contributed by atoms with Crippen molar-refractivity contribution in [3.63, 3.8) is 0 Å². The molecule has 1 fully saturated rings. The minimum absolute atomic E-state index is 0. The molecule has 2 rings (SSSR count). The smallest absolute Gasteiger partial charge is 0.237 e. The highest BCUT2D eigenvalue weighted by molar-refractivity contribution is 5.85. The van der Waals surface area contributed by atoms with Crippen LogP contribution in [0.4, 0.5) is 0 Å². The van der Waals surface area contributed by atoms with Gasteiger partial charge >= 0.3 is 0 Å². The zero-order valence-electron chi connectivity index (χ0n) is 12.0. The molecule has 1 amide bonds. The summed E-state index contributed by atoms with van der Waals surface area (Å²) in [5.74, 6) is 0.959. The summed E-state index contributed by atoms with van der Waals surface area (Å²) in [6.07, 6.45) is 2.01. The van der Waals surface area contributed by atoms with Gasteiger partial charge in [0.05, 0.1) is 18.7 Å². The number of hydrogen-bond acceptors (Lipinski definition) is 3. The van der Waals surface area contributed by atoms with E-state index in [2.05, 4.69) is 10.6 Å². The second kappa shape index (κ2) is 8.12. The second-order valence-corrected chi connectivity index (χ2v) is 4.88. The van der Waals surface area contributed by atoms with Gasteiger partial charge in [-0.3, -0.25) is 4.79 Å². The lowest BCUT2D eigenvalue weighted by Gasteiger charge is -2.18. The van der Waals surface area contributed by atoms with Crippen LogP contribution >= 0.6 is 12.4 Å². The van der Waals surface area contributed by atoms with Crippen molar-refractivity contribution >= 4 is 18.3 Å². The molecule has 5 heteroatoms. The van der Waals surface area contributed by atoms with Gasteiger partial charge in [0.15, 0.2) is 0 Å². The summed E-state index contributed by atoms with van der Waals surface area (Å²) < 4.78 is 5.41. The van der Waals surface area contributed by atoms with E-state index in [9.17, 15) is 4.79 Å². The predicted molar refractivity (Wildman–Crippen MR) is 82.4 cm³/mol. The van der Waals surface area contributed by atoms with Crippen molar-refractivity contribution in [2.24, 2.45) is 0 Å². The number of halogens is 1. The highest BCUT2D eigenvalue weighted by Gasteiger charge is 2.23. The summed E-state index contributed by atoms with van der Waals surface area (Å²) in [5.41, 5.74) is 1.09. The van der Waals surface area contributed by atoms with Crippen molar-refractivity contribution in [3.05, 3.63) is 29.8 Å². The number of rotatable bonds is 5. The summed E-state index contributed by atoms with van der Waals surface area (Å²) in [7, 11) is 0. The quantitative estimate of drug-likeness (QED) is 0.878. The number of amides is 1. The van der Waals surface area contributed by atoms with Crippen molar-refractivity contribution in [2.45, 2.75) is 38.8 Å². The van der Waals surface area contributed by atoms with Crippen molar-refractivity contribution in [1.82, 2.24) is 10.6 Å². The molecule has 1 aliphatic heterocycles. The predicted octanol–water partition coefficient (Wildman–Crippen LogP) is 2.44. The van der Waals surface area contributed by atoms with Crippen LogP contribution in [0, 0.1) is 0 Å². The average Bonchev–Trinajstić information content (AvgIpc) is 2.94. The van der Waals surface area contributed by atoms with Gasteiger partial charge in [0, 0.05) is 0 Å². The van der Waals surface area contributed by atoms with Crippen LogP contribution in [0.2, 0.25) is 0 Å². The lowest BCUT2D eigenvalue weighted by Crippen LogP contribution is -2.41. The number of carbonyl (C=O) groups excluding carboxylic acids is 1. The molecule has 1 saturated heterocycles. The van der Waals surface area contributed by atoms with Crippen LogP contribution in [0.3, 0.4) is 0 Å². The summed E-state index contributed by atoms with van der Waals surface area (Å²) in [6.45, 7) is 5.57. The normalized spacial score (nSPS) is 19.0. The molecule has 4 nitrogen and oxygen atoms in total. The number of hydrogen-bond donors (Lipinski definition) is 2. The van der Waals surface area contributed by atoms with E-state index in [1.165, 1.54) is 0 Å². The molecule has 2 N–H and O–H groups in total. The van der Waals surface area contributed by atoms with E-state index in [-0.39, 0.29) is 30.4 Å². The monoisotopic (exact) mass is 298 g/mol. The molecular weight excluding hydrogens is 276 g/mol. The molecule has 0 saturated carbocycles. The van der Waals surface area contributed by atoms with Crippen molar-refractivity contribution in [3.8, 4) is 5.75 Å². The fourth-order valence-electron chi connectivity index (χ4n) is 2.33. The molecule has 1 aromatic carbocycles. The maximum atomic E-state index is 12.0. The van der Waals surface area contributed by atoms with Gasteiger partial charge in [-0.25, -0.2) is 0 Å². The third-order valence-corrected chi connectivity index (χ3v) is 3.43. The summed E-state index contributed by atoms with van der Waals surface area (Å²) in [5, 5.41) is 6.25. The third kappa shape index (κ3) is 4.39. The molecule has 2 atom stereocenters. The minimum Gasteiger partial charge on any atom is -0.494 e. The van der Waals surface area contributed by atoms with Crippen LogP contribution in [0.25, 0.3) is 0 Å². The molecule has 0 aromatic heterocycles. The van der Waals surface area contributed by atoms with Crippen LogP contribution < -0.4 is 15.4 Å². The second-order valence-electron chi connectivity index (χ2n) is 4.88. The molecule has 0 aliphatic carbocycles. The molecule has 20 heavy (non-hydrogen) atoms. The van der Waals surface area contributed by atoms with Gasteiger partial charge < -0.3 is 15.4 Å². The van der Waals surface area contributed by atoms with E-state index >= 15 is 0 Å². The number of ether oxygens (including phenoxy) is 1. The Morgan fingerprint density at radius 2 is 2.15 bits per heavy atom. The number of nitrogens with one attached hydrogen (secondary N) is 2. The zero-order valence-corrected chi connectivity index (χ0v) is 12.8. The van der Waals surface area contributed by atoms with E-state index in [0.29, 0.717) is 6.61 Å². The highest BCUT2D eigenvalue weighted by atomic mass is 35.5. The lowest BCUT2D eigenvalue weighted by molar-refractivity contribution is -0.123. The molecule has 0 bridgehead atoms. The molecule has 1 aliphatic rings. The first-order chi connectivity index (χ1) is 9.20. The fraction of sp³-hybridized carbons (Fsp3) is 0.533. The largest absolute Gasteiger partial charge is 0.494 e. The minimum atomic E-state index is -0.0230. The Balaban J connectivity index is 0.00000200. The number of benzene rings is 1. The van der Waals surface area contributed by atoms with Gasteiger partial charge in [0.2, 0.25) is 5.91 Å². The van der Waals surface area contributed by atoms with Crippen molar-refractivity contribution < 1.29 is 9.53 Å². The van der Waals surface area contributed by atoms with E-state index in [1.807, 2.05) is 38.1 Å². The summed E-state index contributed by atoms with van der Waals surface area (Å²) >= 11 is 0. The Labute approximate surface area is 126 Å². The topological polar surface area (TPSA) is 50.4 Å². The van der Waals surface area contributed by atoms with Crippen molar-refractivity contribution in [2.75, 3.05) is 13.2 Å². The summed E-state index contributed by atoms with van der Waals surface area (Å²) in [4.78, 5) is 12.0. The maximum absolute atomic E-state index is 12.0. The van der Waals surface area contributed by atoms with Gasteiger partial charge in [0.1, 0.15) is 5.75 Å². The molecule has 1 heterocycles. The summed E-state index contributed by atoms with van der Waals surface area (Å²) in [6, 6.07) is 7.87. The Morgan fingerprint density at radius 3 is 2.70 bits per heavy atom. The molecule has 1 aromatic rings. The highest BCUT2D eigenvalue weighted by Crippen LogP contribution is 2.18. The molecular formula is C15H23ClN2O2. The molecule has 112 valence electrons.